The summed E-state index contributed by atoms with van der Waals surface area (Å²) in [6.07, 6.45) is 8.40. The quantitative estimate of drug-likeness (QED) is 0.719. The van der Waals surface area contributed by atoms with Crippen molar-refractivity contribution in [2.75, 3.05) is 27.2 Å². The zero-order valence-electron chi connectivity index (χ0n) is 16.2. The van der Waals surface area contributed by atoms with Gasteiger partial charge in [0.25, 0.3) is 0 Å². The van der Waals surface area contributed by atoms with E-state index in [-0.39, 0.29) is 0 Å². The molecule has 5 nitrogen and oxygen atoms in total. The van der Waals surface area contributed by atoms with Crippen molar-refractivity contribution < 1.29 is 4.52 Å². The highest BCUT2D eigenvalue weighted by Crippen LogP contribution is 2.33. The van der Waals surface area contributed by atoms with Crippen LogP contribution in [0.25, 0.3) is 22.1 Å². The Balaban J connectivity index is 1.66. The minimum atomic E-state index is 0.801. The van der Waals surface area contributed by atoms with Gasteiger partial charge in [0, 0.05) is 29.9 Å². The third kappa shape index (κ3) is 4.04. The first-order valence-corrected chi connectivity index (χ1v) is 9.88. The highest BCUT2D eigenvalue weighted by molar-refractivity contribution is 5.89. The van der Waals surface area contributed by atoms with Crippen molar-refractivity contribution in [1.82, 2.24) is 20.4 Å². The monoisotopic (exact) mass is 364 g/mol. The number of pyridine rings is 1. The molecule has 1 aliphatic rings. The molecule has 0 spiro atoms. The number of rotatable bonds is 6. The Kier molecular flexibility index (Phi) is 5.50. The van der Waals surface area contributed by atoms with Gasteiger partial charge in [0.1, 0.15) is 0 Å². The zero-order valence-corrected chi connectivity index (χ0v) is 16.2. The first-order chi connectivity index (χ1) is 13.2. The summed E-state index contributed by atoms with van der Waals surface area (Å²) in [6.45, 7) is 3.11. The predicted octanol–water partition coefficient (Wildman–Crippen LogP) is 3.88. The second-order valence-electron chi connectivity index (χ2n) is 7.80. The smallest absolute Gasteiger partial charge is 0.172 e. The van der Waals surface area contributed by atoms with Crippen molar-refractivity contribution in [2.24, 2.45) is 5.92 Å². The van der Waals surface area contributed by atoms with Crippen LogP contribution in [0.2, 0.25) is 0 Å². The summed E-state index contributed by atoms with van der Waals surface area (Å²) in [5, 5.41) is 9.07. The highest BCUT2D eigenvalue weighted by atomic mass is 16.5. The van der Waals surface area contributed by atoms with Crippen molar-refractivity contribution in [1.29, 1.82) is 0 Å². The first-order valence-electron chi connectivity index (χ1n) is 9.88. The van der Waals surface area contributed by atoms with E-state index in [1.807, 2.05) is 12.4 Å². The third-order valence-electron chi connectivity index (χ3n) is 5.53. The van der Waals surface area contributed by atoms with E-state index in [1.165, 1.54) is 35.8 Å². The first kappa shape index (κ1) is 18.1. The van der Waals surface area contributed by atoms with Gasteiger partial charge in [0.15, 0.2) is 5.58 Å². The van der Waals surface area contributed by atoms with Crippen LogP contribution < -0.4 is 5.32 Å². The average Bonchev–Trinajstić information content (AvgIpc) is 3.11. The van der Waals surface area contributed by atoms with Gasteiger partial charge in [-0.1, -0.05) is 11.2 Å². The number of piperidine rings is 1. The Morgan fingerprint density at radius 2 is 1.89 bits per heavy atom. The molecular formula is C22H28N4O. The van der Waals surface area contributed by atoms with E-state index >= 15 is 0 Å². The molecule has 1 aromatic carbocycles. The molecule has 1 saturated heterocycles. The summed E-state index contributed by atoms with van der Waals surface area (Å²) in [7, 11) is 4.17. The SMILES string of the molecule is CN(C)Cc1c(-c2ccncc2)ccc2c(CCC3CCNCC3)noc12. The lowest BCUT2D eigenvalue weighted by Gasteiger charge is -2.21. The molecule has 4 rings (SSSR count). The van der Waals surface area contributed by atoms with Gasteiger partial charge in [-0.25, -0.2) is 0 Å². The predicted molar refractivity (Wildman–Crippen MR) is 109 cm³/mol. The Hall–Kier alpha value is -2.24. The lowest BCUT2D eigenvalue weighted by molar-refractivity contribution is 0.350. The van der Waals surface area contributed by atoms with Crippen LogP contribution in [0.3, 0.4) is 0 Å². The number of aryl methyl sites for hydroxylation is 1. The number of fused-ring (bicyclic) bond motifs is 1. The number of hydrogen-bond donors (Lipinski definition) is 1. The molecule has 1 fully saturated rings. The Labute approximate surface area is 160 Å². The van der Waals surface area contributed by atoms with Gasteiger partial charge in [-0.2, -0.15) is 0 Å². The molecule has 0 saturated carbocycles. The maximum atomic E-state index is 5.88. The van der Waals surface area contributed by atoms with Crippen LogP contribution in [0.5, 0.6) is 0 Å². The molecule has 3 heterocycles. The van der Waals surface area contributed by atoms with Gasteiger partial charge in [0.2, 0.25) is 0 Å². The van der Waals surface area contributed by atoms with E-state index in [9.17, 15) is 0 Å². The zero-order chi connectivity index (χ0) is 18.6. The van der Waals surface area contributed by atoms with Crippen molar-refractivity contribution in [3.8, 4) is 11.1 Å². The number of nitrogens with one attached hydrogen (secondary N) is 1. The molecule has 5 heteroatoms. The molecule has 142 valence electrons. The molecule has 0 amide bonds. The normalized spacial score (nSPS) is 15.7. The van der Waals surface area contributed by atoms with Crippen molar-refractivity contribution in [3.63, 3.8) is 0 Å². The summed E-state index contributed by atoms with van der Waals surface area (Å²) in [4.78, 5) is 6.32. The minimum absolute atomic E-state index is 0.801. The molecule has 0 atom stereocenters. The second-order valence-corrected chi connectivity index (χ2v) is 7.80. The Bertz CT molecular complexity index is 882. The van der Waals surface area contributed by atoms with E-state index < -0.39 is 0 Å². The van der Waals surface area contributed by atoms with E-state index in [0.717, 1.165) is 48.8 Å². The summed E-state index contributed by atoms with van der Waals surface area (Å²) < 4.78 is 5.88. The number of nitrogens with zero attached hydrogens (tertiary/aromatic N) is 3. The summed E-state index contributed by atoms with van der Waals surface area (Å²) in [6, 6.07) is 8.49. The largest absolute Gasteiger partial charge is 0.356 e. The molecule has 1 N–H and O–H groups in total. The maximum Gasteiger partial charge on any atom is 0.172 e. The highest BCUT2D eigenvalue weighted by Gasteiger charge is 2.19. The lowest BCUT2D eigenvalue weighted by Crippen LogP contribution is -2.27. The topological polar surface area (TPSA) is 54.2 Å². The van der Waals surface area contributed by atoms with Crippen LogP contribution in [0, 0.1) is 5.92 Å². The van der Waals surface area contributed by atoms with Crippen LogP contribution in [0.4, 0.5) is 0 Å². The second kappa shape index (κ2) is 8.19. The molecule has 0 radical (unpaired) electrons. The molecule has 27 heavy (non-hydrogen) atoms. The number of benzene rings is 1. The van der Waals surface area contributed by atoms with Crippen LogP contribution in [-0.4, -0.2) is 42.2 Å². The molecule has 1 aliphatic heterocycles. The van der Waals surface area contributed by atoms with Gasteiger partial charge in [-0.05, 0) is 88.1 Å². The fourth-order valence-electron chi connectivity index (χ4n) is 4.08. The van der Waals surface area contributed by atoms with Crippen molar-refractivity contribution in [3.05, 3.63) is 47.9 Å². The molecule has 2 aromatic heterocycles. The standard InChI is InChI=1S/C22H28N4O/c1-26(2)15-20-18(17-9-13-24-14-10-17)4-5-19-21(25-27-22(19)20)6-3-16-7-11-23-12-8-16/h4-5,9-10,13-14,16,23H,3,6-8,11-12,15H2,1-2H3. The van der Waals surface area contributed by atoms with E-state index in [1.54, 1.807) is 0 Å². The van der Waals surface area contributed by atoms with Crippen LogP contribution in [-0.2, 0) is 13.0 Å². The number of aromatic nitrogens is 2. The average molecular weight is 364 g/mol. The molecule has 0 unspecified atom stereocenters. The fraction of sp³-hybridized carbons (Fsp3) is 0.455. The summed E-state index contributed by atoms with van der Waals surface area (Å²) in [5.41, 5.74) is 5.59. The molecular weight excluding hydrogens is 336 g/mol. The summed E-state index contributed by atoms with van der Waals surface area (Å²) in [5.74, 6) is 0.801. The van der Waals surface area contributed by atoms with Crippen LogP contribution in [0.1, 0.15) is 30.5 Å². The van der Waals surface area contributed by atoms with Gasteiger partial charge in [0.05, 0.1) is 5.69 Å². The van der Waals surface area contributed by atoms with Crippen LogP contribution >= 0.6 is 0 Å². The molecule has 0 bridgehead atoms. The van der Waals surface area contributed by atoms with E-state index in [0.29, 0.717) is 0 Å². The van der Waals surface area contributed by atoms with E-state index in [4.69, 9.17) is 4.52 Å². The van der Waals surface area contributed by atoms with Crippen LogP contribution in [0.15, 0.2) is 41.2 Å². The third-order valence-corrected chi connectivity index (χ3v) is 5.53. The van der Waals surface area contributed by atoms with Crippen molar-refractivity contribution >= 4 is 11.0 Å². The van der Waals surface area contributed by atoms with Gasteiger partial charge < -0.3 is 14.7 Å². The van der Waals surface area contributed by atoms with Gasteiger partial charge >= 0.3 is 0 Å². The molecule has 0 aliphatic carbocycles. The number of hydrogen-bond acceptors (Lipinski definition) is 5. The fourth-order valence-corrected chi connectivity index (χ4v) is 4.08. The summed E-state index contributed by atoms with van der Waals surface area (Å²) >= 11 is 0. The minimum Gasteiger partial charge on any atom is -0.356 e. The molecule has 3 aromatic rings. The van der Waals surface area contributed by atoms with Crippen molar-refractivity contribution in [2.45, 2.75) is 32.2 Å². The van der Waals surface area contributed by atoms with E-state index in [2.05, 4.69) is 58.7 Å². The maximum absolute atomic E-state index is 5.88. The Morgan fingerprint density at radius 3 is 2.63 bits per heavy atom. The lowest BCUT2D eigenvalue weighted by atomic mass is 9.91. The Morgan fingerprint density at radius 1 is 1.11 bits per heavy atom. The van der Waals surface area contributed by atoms with Gasteiger partial charge in [-0.15, -0.1) is 0 Å². The van der Waals surface area contributed by atoms with Gasteiger partial charge in [-0.3, -0.25) is 4.98 Å².